The van der Waals surface area contributed by atoms with Gasteiger partial charge in [0.1, 0.15) is 5.82 Å². The van der Waals surface area contributed by atoms with Crippen molar-refractivity contribution in [2.24, 2.45) is 0 Å². The second-order valence-electron chi connectivity index (χ2n) is 4.04. The van der Waals surface area contributed by atoms with Crippen molar-refractivity contribution in [1.82, 2.24) is 4.98 Å². The second-order valence-corrected chi connectivity index (χ2v) is 4.04. The number of nitrogen functional groups attached to an aromatic ring is 1. The Morgan fingerprint density at radius 1 is 1.20 bits per heavy atom. The summed E-state index contributed by atoms with van der Waals surface area (Å²) in [4.78, 5) is 4.46. The van der Waals surface area contributed by atoms with Gasteiger partial charge in [-0.15, -0.1) is 0 Å². The molecule has 0 amide bonds. The number of rotatable bonds is 1. The number of aromatic nitrogens is 1. The van der Waals surface area contributed by atoms with E-state index >= 15 is 0 Å². The van der Waals surface area contributed by atoms with Crippen LogP contribution < -0.4 is 5.73 Å². The SMILES string of the molecule is CCc1cc2cc(C)cc(C)c2nc1N. The first-order chi connectivity index (χ1) is 7.11. The molecule has 0 unspecified atom stereocenters. The van der Waals surface area contributed by atoms with E-state index < -0.39 is 0 Å². The number of hydrogen-bond acceptors (Lipinski definition) is 2. The van der Waals surface area contributed by atoms with Crippen molar-refractivity contribution < 1.29 is 0 Å². The molecule has 0 saturated carbocycles. The zero-order valence-corrected chi connectivity index (χ0v) is 9.46. The lowest BCUT2D eigenvalue weighted by Crippen LogP contribution is -1.98. The number of anilines is 1. The number of benzene rings is 1. The molecule has 0 aliphatic heterocycles. The van der Waals surface area contributed by atoms with E-state index in [1.807, 2.05) is 0 Å². The molecule has 1 heterocycles. The number of fused-ring (bicyclic) bond motifs is 1. The Morgan fingerprint density at radius 3 is 2.60 bits per heavy atom. The number of nitrogens with zero attached hydrogens (tertiary/aromatic N) is 1. The van der Waals surface area contributed by atoms with Gasteiger partial charge in [-0.25, -0.2) is 4.98 Å². The molecule has 0 aliphatic rings. The molecule has 1 aromatic heterocycles. The lowest BCUT2D eigenvalue weighted by atomic mass is 10.0. The molecule has 2 nitrogen and oxygen atoms in total. The number of pyridine rings is 1. The van der Waals surface area contributed by atoms with Crippen LogP contribution in [-0.2, 0) is 6.42 Å². The van der Waals surface area contributed by atoms with Crippen LogP contribution in [0.2, 0.25) is 0 Å². The van der Waals surface area contributed by atoms with Gasteiger partial charge in [-0.3, -0.25) is 0 Å². The Bertz CT molecular complexity index is 515. The minimum Gasteiger partial charge on any atom is -0.383 e. The normalized spacial score (nSPS) is 10.9. The molecule has 0 atom stereocenters. The molecule has 2 N–H and O–H groups in total. The van der Waals surface area contributed by atoms with Crippen LogP contribution >= 0.6 is 0 Å². The number of nitrogens with two attached hydrogens (primary N) is 1. The van der Waals surface area contributed by atoms with Gasteiger partial charge >= 0.3 is 0 Å². The zero-order chi connectivity index (χ0) is 11.0. The summed E-state index contributed by atoms with van der Waals surface area (Å²) in [6.07, 6.45) is 0.932. The van der Waals surface area contributed by atoms with Gasteiger partial charge in [-0.1, -0.05) is 18.6 Å². The van der Waals surface area contributed by atoms with Gasteiger partial charge in [0, 0.05) is 5.39 Å². The summed E-state index contributed by atoms with van der Waals surface area (Å²) in [6, 6.07) is 6.45. The van der Waals surface area contributed by atoms with Crippen LogP contribution in [0, 0.1) is 13.8 Å². The molecule has 0 fully saturated rings. The first kappa shape index (κ1) is 9.97. The van der Waals surface area contributed by atoms with Crippen molar-refractivity contribution in [2.75, 3.05) is 5.73 Å². The third-order valence-corrected chi connectivity index (χ3v) is 2.75. The van der Waals surface area contributed by atoms with Gasteiger partial charge in [0.05, 0.1) is 5.52 Å². The minimum atomic E-state index is 0.664. The average Bonchev–Trinajstić information content (AvgIpc) is 2.18. The molecule has 2 aromatic rings. The quantitative estimate of drug-likeness (QED) is 0.768. The highest BCUT2D eigenvalue weighted by Crippen LogP contribution is 2.23. The van der Waals surface area contributed by atoms with Crippen molar-refractivity contribution in [1.29, 1.82) is 0 Å². The molecule has 78 valence electrons. The first-order valence-corrected chi connectivity index (χ1v) is 5.28. The van der Waals surface area contributed by atoms with E-state index in [0.717, 1.165) is 17.5 Å². The topological polar surface area (TPSA) is 38.9 Å². The number of hydrogen-bond donors (Lipinski definition) is 1. The number of aryl methyl sites for hydroxylation is 3. The largest absolute Gasteiger partial charge is 0.383 e. The fraction of sp³-hybridized carbons (Fsp3) is 0.308. The minimum absolute atomic E-state index is 0.664. The summed E-state index contributed by atoms with van der Waals surface area (Å²) >= 11 is 0. The highest BCUT2D eigenvalue weighted by Gasteiger charge is 2.05. The second kappa shape index (κ2) is 3.54. The third-order valence-electron chi connectivity index (χ3n) is 2.75. The van der Waals surface area contributed by atoms with Crippen LogP contribution in [0.15, 0.2) is 18.2 Å². The Kier molecular flexibility index (Phi) is 2.35. The maximum Gasteiger partial charge on any atom is 0.127 e. The molecule has 0 aliphatic carbocycles. The molecular weight excluding hydrogens is 184 g/mol. The predicted molar refractivity (Wildman–Crippen MR) is 65.0 cm³/mol. The Morgan fingerprint density at radius 2 is 1.93 bits per heavy atom. The smallest absolute Gasteiger partial charge is 0.127 e. The van der Waals surface area contributed by atoms with Crippen LogP contribution in [0.5, 0.6) is 0 Å². The van der Waals surface area contributed by atoms with Crippen LogP contribution in [-0.4, -0.2) is 4.98 Å². The molecule has 0 spiro atoms. The lowest BCUT2D eigenvalue weighted by molar-refractivity contribution is 1.12. The molecule has 1 aromatic carbocycles. The van der Waals surface area contributed by atoms with E-state index in [2.05, 4.69) is 44.0 Å². The van der Waals surface area contributed by atoms with Gasteiger partial charge in [0.2, 0.25) is 0 Å². The van der Waals surface area contributed by atoms with E-state index in [1.54, 1.807) is 0 Å². The third kappa shape index (κ3) is 1.67. The highest BCUT2D eigenvalue weighted by molar-refractivity contribution is 5.84. The highest BCUT2D eigenvalue weighted by atomic mass is 14.8. The molecule has 0 saturated heterocycles. The summed E-state index contributed by atoms with van der Waals surface area (Å²) in [6.45, 7) is 6.28. The Labute approximate surface area is 90.1 Å². The van der Waals surface area contributed by atoms with Crippen molar-refractivity contribution in [3.63, 3.8) is 0 Å². The summed E-state index contributed by atoms with van der Waals surface area (Å²) in [5.74, 6) is 0.664. The summed E-state index contributed by atoms with van der Waals surface area (Å²) in [5.41, 5.74) is 10.5. The summed E-state index contributed by atoms with van der Waals surface area (Å²) in [5, 5.41) is 1.19. The van der Waals surface area contributed by atoms with Crippen LogP contribution in [0.25, 0.3) is 10.9 Å². The van der Waals surface area contributed by atoms with E-state index in [0.29, 0.717) is 5.82 Å². The van der Waals surface area contributed by atoms with E-state index in [1.165, 1.54) is 16.5 Å². The van der Waals surface area contributed by atoms with Crippen LogP contribution in [0.1, 0.15) is 23.6 Å². The molecule has 0 radical (unpaired) electrons. The van der Waals surface area contributed by atoms with Gasteiger partial charge in [0.15, 0.2) is 0 Å². The molecule has 0 bridgehead atoms. The van der Waals surface area contributed by atoms with Crippen LogP contribution in [0.4, 0.5) is 5.82 Å². The van der Waals surface area contributed by atoms with Crippen molar-refractivity contribution in [3.8, 4) is 0 Å². The van der Waals surface area contributed by atoms with Gasteiger partial charge in [-0.2, -0.15) is 0 Å². The van der Waals surface area contributed by atoms with E-state index in [-0.39, 0.29) is 0 Å². The predicted octanol–water partition coefficient (Wildman–Crippen LogP) is 3.00. The zero-order valence-electron chi connectivity index (χ0n) is 9.46. The van der Waals surface area contributed by atoms with Gasteiger partial charge < -0.3 is 5.73 Å². The molecule has 15 heavy (non-hydrogen) atoms. The van der Waals surface area contributed by atoms with Crippen LogP contribution in [0.3, 0.4) is 0 Å². The van der Waals surface area contributed by atoms with Crippen molar-refractivity contribution in [2.45, 2.75) is 27.2 Å². The monoisotopic (exact) mass is 200 g/mol. The Balaban J connectivity index is 2.81. The standard InChI is InChI=1S/C13H16N2/c1-4-10-7-11-6-8(2)5-9(3)12(11)15-13(10)14/h5-7H,4H2,1-3H3,(H2,14,15). The summed E-state index contributed by atoms with van der Waals surface area (Å²) < 4.78 is 0. The van der Waals surface area contributed by atoms with Gasteiger partial charge in [0.25, 0.3) is 0 Å². The fourth-order valence-corrected chi connectivity index (χ4v) is 1.99. The van der Waals surface area contributed by atoms with Gasteiger partial charge in [-0.05, 0) is 43.5 Å². The summed E-state index contributed by atoms with van der Waals surface area (Å²) in [7, 11) is 0. The van der Waals surface area contributed by atoms with E-state index in [9.17, 15) is 0 Å². The van der Waals surface area contributed by atoms with E-state index in [4.69, 9.17) is 5.73 Å². The van der Waals surface area contributed by atoms with Crippen molar-refractivity contribution >= 4 is 16.7 Å². The Hall–Kier alpha value is -1.57. The molecule has 2 rings (SSSR count). The maximum atomic E-state index is 5.89. The lowest BCUT2D eigenvalue weighted by Gasteiger charge is -2.08. The fourth-order valence-electron chi connectivity index (χ4n) is 1.99. The molecule has 2 heteroatoms. The molecular formula is C13H16N2. The first-order valence-electron chi connectivity index (χ1n) is 5.28. The maximum absolute atomic E-state index is 5.89. The van der Waals surface area contributed by atoms with Crippen molar-refractivity contribution in [3.05, 3.63) is 34.9 Å². The average molecular weight is 200 g/mol.